The van der Waals surface area contributed by atoms with E-state index in [1.54, 1.807) is 25.1 Å². The maximum Gasteiger partial charge on any atom is 0.257 e. The lowest BCUT2D eigenvalue weighted by atomic mass is 10.2. The number of carbonyl (C=O) groups is 1. The molecule has 0 saturated carbocycles. The number of amides is 1. The summed E-state index contributed by atoms with van der Waals surface area (Å²) in [6, 6.07) is 10.9. The highest BCUT2D eigenvalue weighted by Crippen LogP contribution is 2.16. The molecule has 0 aliphatic carbocycles. The van der Waals surface area contributed by atoms with Gasteiger partial charge >= 0.3 is 0 Å². The molecular weight excluding hydrogens is 359 g/mol. The third-order valence-corrected chi connectivity index (χ3v) is 5.17. The van der Waals surface area contributed by atoms with Gasteiger partial charge in [0.05, 0.1) is 4.90 Å². The summed E-state index contributed by atoms with van der Waals surface area (Å²) in [5, 5.41) is 2.51. The zero-order chi connectivity index (χ0) is 19.2. The average molecular weight is 380 g/mol. The van der Waals surface area contributed by atoms with Crippen molar-refractivity contribution < 1.29 is 22.3 Å². The van der Waals surface area contributed by atoms with Crippen molar-refractivity contribution >= 4 is 15.9 Å². The highest BCUT2D eigenvalue weighted by atomic mass is 32.2. The van der Waals surface area contributed by atoms with E-state index < -0.39 is 21.7 Å². The fourth-order valence-corrected chi connectivity index (χ4v) is 3.58. The van der Waals surface area contributed by atoms with Crippen molar-refractivity contribution in [2.75, 3.05) is 19.7 Å². The molecule has 0 spiro atoms. The molecule has 26 heavy (non-hydrogen) atoms. The fraction of sp³-hybridized carbons (Fsp3) is 0.278. The molecule has 8 heteroatoms. The van der Waals surface area contributed by atoms with Crippen LogP contribution in [0.25, 0.3) is 0 Å². The Morgan fingerprint density at radius 1 is 1.12 bits per heavy atom. The van der Waals surface area contributed by atoms with Crippen molar-refractivity contribution in [2.24, 2.45) is 0 Å². The van der Waals surface area contributed by atoms with Gasteiger partial charge in [-0.15, -0.1) is 0 Å². The topological polar surface area (TPSA) is 84.5 Å². The summed E-state index contributed by atoms with van der Waals surface area (Å²) in [5.74, 6) is -1.04. The van der Waals surface area contributed by atoms with Crippen LogP contribution in [0.4, 0.5) is 4.39 Å². The van der Waals surface area contributed by atoms with Crippen molar-refractivity contribution in [3.8, 4) is 5.75 Å². The van der Waals surface area contributed by atoms with Crippen LogP contribution in [-0.2, 0) is 14.8 Å². The molecule has 2 aromatic carbocycles. The van der Waals surface area contributed by atoms with E-state index in [1.165, 1.54) is 18.2 Å². The van der Waals surface area contributed by atoms with Gasteiger partial charge < -0.3 is 10.1 Å². The summed E-state index contributed by atoms with van der Waals surface area (Å²) >= 11 is 0. The molecule has 0 atom stereocenters. The third-order valence-electron chi connectivity index (χ3n) is 3.57. The van der Waals surface area contributed by atoms with Crippen LogP contribution in [0, 0.1) is 19.7 Å². The number of carbonyl (C=O) groups excluding carboxylic acids is 1. The quantitative estimate of drug-likeness (QED) is 0.685. The Labute approximate surface area is 152 Å². The fourth-order valence-electron chi connectivity index (χ4n) is 2.22. The van der Waals surface area contributed by atoms with E-state index in [4.69, 9.17) is 4.74 Å². The highest BCUT2D eigenvalue weighted by Gasteiger charge is 2.16. The van der Waals surface area contributed by atoms with E-state index in [-0.39, 0.29) is 30.3 Å². The third kappa shape index (κ3) is 5.53. The van der Waals surface area contributed by atoms with Gasteiger partial charge in [0.1, 0.15) is 0 Å². The molecular formula is C18H21FN2O4S. The van der Waals surface area contributed by atoms with Crippen LogP contribution in [0.15, 0.2) is 47.4 Å². The van der Waals surface area contributed by atoms with Crippen LogP contribution < -0.4 is 14.8 Å². The Bertz CT molecular complexity index is 885. The molecule has 1 amide bonds. The average Bonchev–Trinajstić information content (AvgIpc) is 2.60. The number of nitrogens with one attached hydrogen (secondary N) is 2. The number of benzene rings is 2. The van der Waals surface area contributed by atoms with Gasteiger partial charge in [-0.05, 0) is 43.2 Å². The highest BCUT2D eigenvalue weighted by molar-refractivity contribution is 7.89. The molecule has 6 nitrogen and oxygen atoms in total. The van der Waals surface area contributed by atoms with Gasteiger partial charge in [0.15, 0.2) is 18.2 Å². The normalized spacial score (nSPS) is 11.2. The Balaban J connectivity index is 1.78. The van der Waals surface area contributed by atoms with Gasteiger partial charge in [-0.3, -0.25) is 4.79 Å². The lowest BCUT2D eigenvalue weighted by Crippen LogP contribution is -2.37. The number of aryl methyl sites for hydroxylation is 2. The molecule has 0 aliphatic heterocycles. The number of ether oxygens (including phenoxy) is 1. The van der Waals surface area contributed by atoms with Crippen molar-refractivity contribution in [1.29, 1.82) is 0 Å². The first-order valence-corrected chi connectivity index (χ1v) is 9.49. The molecule has 0 aliphatic rings. The minimum atomic E-state index is -3.65. The zero-order valence-electron chi connectivity index (χ0n) is 14.6. The van der Waals surface area contributed by atoms with E-state index >= 15 is 0 Å². The molecule has 0 radical (unpaired) electrons. The van der Waals surface area contributed by atoms with Crippen LogP contribution in [0.2, 0.25) is 0 Å². The predicted molar refractivity (Wildman–Crippen MR) is 96.0 cm³/mol. The number of para-hydroxylation sites is 1. The van der Waals surface area contributed by atoms with E-state index in [0.717, 1.165) is 5.56 Å². The Hall–Kier alpha value is -2.45. The summed E-state index contributed by atoms with van der Waals surface area (Å²) in [6.07, 6.45) is 0. The van der Waals surface area contributed by atoms with Gasteiger partial charge in [-0.2, -0.15) is 0 Å². The number of rotatable bonds is 8. The van der Waals surface area contributed by atoms with E-state index in [1.807, 2.05) is 13.0 Å². The molecule has 0 saturated heterocycles. The van der Waals surface area contributed by atoms with Crippen LogP contribution >= 0.6 is 0 Å². The maximum absolute atomic E-state index is 13.4. The number of halogens is 1. The first-order chi connectivity index (χ1) is 12.3. The molecule has 140 valence electrons. The maximum atomic E-state index is 13.4. The van der Waals surface area contributed by atoms with Gasteiger partial charge in [0, 0.05) is 13.1 Å². The monoisotopic (exact) mass is 380 g/mol. The van der Waals surface area contributed by atoms with Crippen molar-refractivity contribution in [3.05, 3.63) is 59.4 Å². The second-order valence-corrected chi connectivity index (χ2v) is 7.47. The Morgan fingerprint density at radius 3 is 2.58 bits per heavy atom. The SMILES string of the molecule is Cc1ccc(C)c(S(=O)(=O)NCCNC(=O)COc2ccccc2F)c1. The number of hydrogen-bond acceptors (Lipinski definition) is 4. The lowest BCUT2D eigenvalue weighted by molar-refractivity contribution is -0.123. The molecule has 2 rings (SSSR count). The standard InChI is InChI=1S/C18H21FN2O4S/c1-13-7-8-14(2)17(11-13)26(23,24)21-10-9-20-18(22)12-25-16-6-4-3-5-15(16)19/h3-8,11,21H,9-10,12H2,1-2H3,(H,20,22). The van der Waals surface area contributed by atoms with Crippen molar-refractivity contribution in [2.45, 2.75) is 18.7 Å². The molecule has 2 aromatic rings. The predicted octanol–water partition coefficient (Wildman–Crippen LogP) is 1.92. The minimum Gasteiger partial charge on any atom is -0.481 e. The number of hydrogen-bond donors (Lipinski definition) is 2. The summed E-state index contributed by atoms with van der Waals surface area (Å²) in [6.45, 7) is 3.29. The molecule has 0 aromatic heterocycles. The summed E-state index contributed by atoms with van der Waals surface area (Å²) in [5.41, 5.74) is 1.49. The van der Waals surface area contributed by atoms with Gasteiger partial charge in [-0.25, -0.2) is 17.5 Å². The van der Waals surface area contributed by atoms with Crippen LogP contribution in [0.1, 0.15) is 11.1 Å². The molecule has 0 bridgehead atoms. The molecule has 0 fully saturated rings. The van der Waals surface area contributed by atoms with Gasteiger partial charge in [0.2, 0.25) is 10.0 Å². The van der Waals surface area contributed by atoms with Gasteiger partial charge in [-0.1, -0.05) is 24.3 Å². The van der Waals surface area contributed by atoms with Crippen LogP contribution in [-0.4, -0.2) is 34.0 Å². The van der Waals surface area contributed by atoms with Crippen molar-refractivity contribution in [1.82, 2.24) is 10.0 Å². The summed E-state index contributed by atoms with van der Waals surface area (Å²) < 4.78 is 45.5. The zero-order valence-corrected chi connectivity index (χ0v) is 15.4. The molecule has 0 heterocycles. The Kier molecular flexibility index (Phi) is 6.70. The summed E-state index contributed by atoms with van der Waals surface area (Å²) in [7, 11) is -3.65. The van der Waals surface area contributed by atoms with Crippen LogP contribution in [0.3, 0.4) is 0 Å². The Morgan fingerprint density at radius 2 is 1.85 bits per heavy atom. The van der Waals surface area contributed by atoms with E-state index in [0.29, 0.717) is 5.56 Å². The first kappa shape index (κ1) is 19.9. The van der Waals surface area contributed by atoms with E-state index in [9.17, 15) is 17.6 Å². The van der Waals surface area contributed by atoms with Crippen LogP contribution in [0.5, 0.6) is 5.75 Å². The second-order valence-electron chi connectivity index (χ2n) is 5.74. The minimum absolute atomic E-state index is 0.0155. The smallest absolute Gasteiger partial charge is 0.257 e. The van der Waals surface area contributed by atoms with Crippen molar-refractivity contribution in [3.63, 3.8) is 0 Å². The van der Waals surface area contributed by atoms with E-state index in [2.05, 4.69) is 10.0 Å². The molecule has 2 N–H and O–H groups in total. The second kappa shape index (κ2) is 8.77. The largest absolute Gasteiger partial charge is 0.481 e. The lowest BCUT2D eigenvalue weighted by Gasteiger charge is -2.11. The number of sulfonamides is 1. The molecule has 0 unspecified atom stereocenters. The van der Waals surface area contributed by atoms with Gasteiger partial charge in [0.25, 0.3) is 5.91 Å². The summed E-state index contributed by atoms with van der Waals surface area (Å²) in [4.78, 5) is 11.9. The first-order valence-electron chi connectivity index (χ1n) is 8.00.